The van der Waals surface area contributed by atoms with Crippen molar-refractivity contribution in [2.75, 3.05) is 0 Å². The van der Waals surface area contributed by atoms with E-state index in [4.69, 9.17) is 5.73 Å². The van der Waals surface area contributed by atoms with Crippen LogP contribution < -0.4 is 10.4 Å². The van der Waals surface area contributed by atoms with E-state index in [1.54, 1.807) is 0 Å². The summed E-state index contributed by atoms with van der Waals surface area (Å²) in [5.41, 5.74) is 11.5. The van der Waals surface area contributed by atoms with Crippen molar-refractivity contribution in [3.8, 4) is 0 Å². The Labute approximate surface area is 233 Å². The molecule has 0 aromatic heterocycles. The molecular formula is C31H38HfNOSi-2. The molecule has 183 valence electrons. The van der Waals surface area contributed by atoms with Crippen molar-refractivity contribution in [2.24, 2.45) is 29.1 Å². The third-order valence-corrected chi connectivity index (χ3v) is 10.0. The molecule has 3 unspecified atom stereocenters. The van der Waals surface area contributed by atoms with E-state index in [9.17, 15) is 4.79 Å². The molecule has 0 spiro atoms. The Morgan fingerprint density at radius 1 is 0.886 bits per heavy atom. The number of rotatable bonds is 3. The second kappa shape index (κ2) is 12.1. The van der Waals surface area contributed by atoms with Crippen LogP contribution in [0.4, 0.5) is 0 Å². The zero-order chi connectivity index (χ0) is 24.3. The van der Waals surface area contributed by atoms with E-state index in [1.807, 2.05) is 0 Å². The van der Waals surface area contributed by atoms with Gasteiger partial charge in [0, 0.05) is 31.3 Å². The topological polar surface area (TPSA) is 40.9 Å². The number of carbonyl (C=O) groups excluding carboxylic acids is 1. The molecule has 4 fully saturated rings. The molecule has 7 rings (SSSR count). The van der Waals surface area contributed by atoms with Gasteiger partial charge in [-0.15, -0.1) is 6.92 Å². The zero-order valence-electron chi connectivity index (χ0n) is 21.6. The van der Waals surface area contributed by atoms with Crippen molar-refractivity contribution < 1.29 is 30.6 Å². The van der Waals surface area contributed by atoms with Crippen LogP contribution >= 0.6 is 0 Å². The van der Waals surface area contributed by atoms with E-state index in [0.717, 1.165) is 24.7 Å². The van der Waals surface area contributed by atoms with Crippen LogP contribution in [0.2, 0.25) is 0 Å². The van der Waals surface area contributed by atoms with Crippen molar-refractivity contribution in [3.63, 3.8) is 0 Å². The fraction of sp³-hybridized carbons (Fsp3) is 0.452. The molecule has 0 heterocycles. The third-order valence-electron chi connectivity index (χ3n) is 8.61. The van der Waals surface area contributed by atoms with Crippen LogP contribution in [0.5, 0.6) is 0 Å². The second-order valence-corrected chi connectivity index (χ2v) is 12.4. The first-order valence-corrected chi connectivity index (χ1v) is 13.9. The number of allylic oxidation sites excluding steroid dienone is 4. The van der Waals surface area contributed by atoms with Crippen LogP contribution in [-0.4, -0.2) is 15.4 Å². The fourth-order valence-corrected chi connectivity index (χ4v) is 7.83. The molecule has 5 aliphatic carbocycles. The van der Waals surface area contributed by atoms with Gasteiger partial charge >= 0.3 is 0 Å². The van der Waals surface area contributed by atoms with E-state index in [0.29, 0.717) is 11.8 Å². The van der Waals surface area contributed by atoms with Crippen LogP contribution in [-0.2, 0) is 30.6 Å². The van der Waals surface area contributed by atoms with Crippen molar-refractivity contribution in [3.05, 3.63) is 89.2 Å². The Morgan fingerprint density at radius 3 is 1.69 bits per heavy atom. The minimum atomic E-state index is -0.253. The molecule has 3 atom stereocenters. The van der Waals surface area contributed by atoms with E-state index < -0.39 is 0 Å². The molecule has 35 heavy (non-hydrogen) atoms. The summed E-state index contributed by atoms with van der Waals surface area (Å²) in [5, 5.41) is 2.90. The number of amides is 1. The Hall–Kier alpha value is -1.52. The molecule has 4 heteroatoms. The number of nitrogens with one attached hydrogen (secondary N) is 1. The van der Waals surface area contributed by atoms with Crippen LogP contribution in [0.15, 0.2) is 77.4 Å². The van der Waals surface area contributed by atoms with Crippen molar-refractivity contribution >= 4 is 25.8 Å². The summed E-state index contributed by atoms with van der Waals surface area (Å²) in [6.45, 7) is 8.67. The molecule has 1 amide bonds. The molecule has 2 aromatic rings. The van der Waals surface area contributed by atoms with E-state index in [1.165, 1.54) is 46.4 Å². The van der Waals surface area contributed by atoms with Gasteiger partial charge in [-0.05, 0) is 49.9 Å². The van der Waals surface area contributed by atoms with Crippen LogP contribution in [0.1, 0.15) is 59.8 Å². The first-order chi connectivity index (χ1) is 16.3. The third kappa shape index (κ3) is 6.43. The maximum atomic E-state index is 11.3. The van der Waals surface area contributed by atoms with Gasteiger partial charge in [-0.25, -0.2) is 5.57 Å². The number of benzene rings is 2. The summed E-state index contributed by atoms with van der Waals surface area (Å²) in [4.78, 5) is 11.3. The molecular weight excluding hydrogens is 609 g/mol. The van der Waals surface area contributed by atoms with Gasteiger partial charge in [-0.3, -0.25) is 6.08 Å². The predicted octanol–water partition coefficient (Wildman–Crippen LogP) is 6.18. The number of carbonyl (C=O) groups is 1. The van der Waals surface area contributed by atoms with E-state index in [2.05, 4.69) is 94.4 Å². The minimum absolute atomic E-state index is 0. The number of hydrogen-bond donors (Lipinski definition) is 0. The predicted molar refractivity (Wildman–Crippen MR) is 145 cm³/mol. The van der Waals surface area contributed by atoms with Crippen molar-refractivity contribution in [1.29, 1.82) is 0 Å². The first kappa shape index (κ1) is 28.1. The van der Waals surface area contributed by atoms with Gasteiger partial charge in [-0.1, -0.05) is 97.7 Å². The average molecular weight is 647 g/mol. The first-order valence-electron chi connectivity index (χ1n) is 12.8. The van der Waals surface area contributed by atoms with Gasteiger partial charge in [-0.2, -0.15) is 11.1 Å². The molecule has 0 aliphatic heterocycles. The quantitative estimate of drug-likeness (QED) is 0.290. The van der Waals surface area contributed by atoms with Crippen LogP contribution in [0, 0.1) is 35.2 Å². The zero-order valence-corrected chi connectivity index (χ0v) is 26.4. The average Bonchev–Trinajstić information content (AvgIpc) is 3.33. The van der Waals surface area contributed by atoms with Gasteiger partial charge in [0.25, 0.3) is 0 Å². The normalized spacial score (nSPS) is 29.4. The van der Waals surface area contributed by atoms with Crippen molar-refractivity contribution in [1.82, 2.24) is 0 Å². The smallest absolute Gasteiger partial charge is 0.103 e. The molecule has 1 radical (unpaired) electrons. The van der Waals surface area contributed by atoms with Gasteiger partial charge in [0.1, 0.15) is 9.52 Å². The number of hydrogen-bond acceptors (Lipinski definition) is 1. The summed E-state index contributed by atoms with van der Waals surface area (Å²) in [7, 11) is 0.271. The van der Waals surface area contributed by atoms with Gasteiger partial charge < -0.3 is 10.5 Å². The fourth-order valence-electron chi connectivity index (χ4n) is 6.62. The van der Waals surface area contributed by atoms with Crippen LogP contribution in [0.3, 0.4) is 0 Å². The SMILES string of the molecule is CC1=[C-]C(C)C(C)=C1C.[Hf].[NH-]C(=O)C12CC3CC(CC1C3)C2.c1ccc([SiH]c2ccccc2)cc1. The van der Waals surface area contributed by atoms with Gasteiger partial charge in [0.05, 0.1) is 5.91 Å². The summed E-state index contributed by atoms with van der Waals surface area (Å²) < 4.78 is 0. The summed E-state index contributed by atoms with van der Waals surface area (Å²) in [6, 6.07) is 21.3. The molecule has 5 aliphatic rings. The maximum Gasteiger partial charge on any atom is 0.103 e. The largest absolute Gasteiger partial charge is 0.667 e. The summed E-state index contributed by atoms with van der Waals surface area (Å²) in [6.07, 6.45) is 9.32. The standard InChI is InChI=1S/C12H11Si.C10H15NO.C9H13.Hf/c1-3-7-11(8-4-1)13-12-9-5-2-6-10-12;11-9(12)10-4-6-1-7(5-10)3-8(10)2-6;1-6-5-7(2)9(4)8(6)3;/h1-10,13H;6-8H,1-5H2,(H2,11,12);6H,1-4H3;/q;;-1;/p-1. The Balaban J connectivity index is 0.000000147. The molecule has 2 nitrogen and oxygen atoms in total. The second-order valence-electron chi connectivity index (χ2n) is 10.8. The monoisotopic (exact) mass is 648 g/mol. The molecule has 1 N–H and O–H groups in total. The minimum Gasteiger partial charge on any atom is -0.667 e. The summed E-state index contributed by atoms with van der Waals surface area (Å²) in [5.74, 6) is 2.52. The van der Waals surface area contributed by atoms with Gasteiger partial charge in [0.15, 0.2) is 0 Å². The van der Waals surface area contributed by atoms with Crippen LogP contribution in [0.25, 0.3) is 5.73 Å². The van der Waals surface area contributed by atoms with Gasteiger partial charge in [0.2, 0.25) is 0 Å². The molecule has 4 bridgehead atoms. The molecule has 4 saturated carbocycles. The molecule has 2 aromatic carbocycles. The Kier molecular flexibility index (Phi) is 9.73. The Bertz CT molecular complexity index is 1010. The van der Waals surface area contributed by atoms with E-state index in [-0.39, 0.29) is 46.7 Å². The molecule has 0 saturated heterocycles. The summed E-state index contributed by atoms with van der Waals surface area (Å²) >= 11 is 0. The Morgan fingerprint density at radius 2 is 1.37 bits per heavy atom. The van der Waals surface area contributed by atoms with E-state index >= 15 is 0 Å². The maximum absolute atomic E-state index is 11.3. The van der Waals surface area contributed by atoms with Crippen molar-refractivity contribution in [2.45, 2.75) is 59.8 Å².